The summed E-state index contributed by atoms with van der Waals surface area (Å²) in [6, 6.07) is 17.9. The van der Waals surface area contributed by atoms with Gasteiger partial charge >= 0.3 is 0 Å². The molecule has 2 heteroatoms. The van der Waals surface area contributed by atoms with E-state index in [0.29, 0.717) is 5.84 Å². The van der Waals surface area contributed by atoms with Gasteiger partial charge in [-0.05, 0) is 24.1 Å². The standard InChI is InChI=1S/C15H16N2/c1-2-12-7-6-10-14(11-12)17-15(16)13-8-4-3-5-9-13/h3-11H,2H2,1H3,(H2,16,17). The number of rotatable bonds is 3. The third kappa shape index (κ3) is 2.94. The highest BCUT2D eigenvalue weighted by Gasteiger charge is 1.98. The summed E-state index contributed by atoms with van der Waals surface area (Å²) in [6.07, 6.45) is 1.01. The minimum atomic E-state index is 0.554. The van der Waals surface area contributed by atoms with Gasteiger partial charge in [0.15, 0.2) is 0 Å². The lowest BCUT2D eigenvalue weighted by molar-refractivity contribution is 1.14. The molecule has 0 saturated heterocycles. The molecule has 0 saturated carbocycles. The van der Waals surface area contributed by atoms with Crippen LogP contribution in [0.25, 0.3) is 0 Å². The summed E-state index contributed by atoms with van der Waals surface area (Å²) < 4.78 is 0. The van der Waals surface area contributed by atoms with Crippen LogP contribution in [0.3, 0.4) is 0 Å². The zero-order valence-corrected chi connectivity index (χ0v) is 9.93. The van der Waals surface area contributed by atoms with Gasteiger partial charge < -0.3 is 5.73 Å². The van der Waals surface area contributed by atoms with Crippen LogP contribution in [-0.2, 0) is 6.42 Å². The first-order chi connectivity index (χ1) is 8.29. The second-order valence-electron chi connectivity index (χ2n) is 3.89. The van der Waals surface area contributed by atoms with Crippen molar-refractivity contribution >= 4 is 11.5 Å². The molecule has 2 nitrogen and oxygen atoms in total. The molecule has 0 heterocycles. The predicted molar refractivity (Wildman–Crippen MR) is 72.6 cm³/mol. The number of aliphatic imine (C=N–C) groups is 1. The van der Waals surface area contributed by atoms with E-state index in [-0.39, 0.29) is 0 Å². The van der Waals surface area contributed by atoms with Gasteiger partial charge in [0.25, 0.3) is 0 Å². The Balaban J connectivity index is 2.29. The lowest BCUT2D eigenvalue weighted by atomic mass is 10.1. The van der Waals surface area contributed by atoms with Gasteiger partial charge in [-0.1, -0.05) is 49.4 Å². The van der Waals surface area contributed by atoms with Crippen LogP contribution in [0.2, 0.25) is 0 Å². The summed E-state index contributed by atoms with van der Waals surface area (Å²) in [4.78, 5) is 4.43. The lowest BCUT2D eigenvalue weighted by Crippen LogP contribution is -2.12. The third-order valence-electron chi connectivity index (χ3n) is 2.64. The summed E-state index contributed by atoms with van der Waals surface area (Å²) in [7, 11) is 0. The van der Waals surface area contributed by atoms with Crippen LogP contribution in [0, 0.1) is 0 Å². The zero-order valence-electron chi connectivity index (χ0n) is 9.93. The molecule has 86 valence electrons. The Morgan fingerprint density at radius 2 is 1.82 bits per heavy atom. The van der Waals surface area contributed by atoms with Crippen LogP contribution in [-0.4, -0.2) is 5.84 Å². The average Bonchev–Trinajstić information content (AvgIpc) is 2.40. The lowest BCUT2D eigenvalue weighted by Gasteiger charge is -2.02. The molecule has 0 spiro atoms. The molecule has 2 rings (SSSR count). The highest BCUT2D eigenvalue weighted by Crippen LogP contribution is 2.15. The fraction of sp³-hybridized carbons (Fsp3) is 0.133. The summed E-state index contributed by atoms with van der Waals surface area (Å²) in [5.41, 5.74) is 9.10. The Hall–Kier alpha value is -2.09. The van der Waals surface area contributed by atoms with Gasteiger partial charge in [-0.15, -0.1) is 0 Å². The summed E-state index contributed by atoms with van der Waals surface area (Å²) in [5.74, 6) is 0.554. The Kier molecular flexibility index (Phi) is 3.55. The van der Waals surface area contributed by atoms with Gasteiger partial charge in [0.2, 0.25) is 0 Å². The van der Waals surface area contributed by atoms with Crippen molar-refractivity contribution in [1.82, 2.24) is 0 Å². The van der Waals surface area contributed by atoms with E-state index in [2.05, 4.69) is 24.0 Å². The van der Waals surface area contributed by atoms with E-state index >= 15 is 0 Å². The number of benzene rings is 2. The van der Waals surface area contributed by atoms with E-state index in [1.807, 2.05) is 42.5 Å². The Morgan fingerprint density at radius 1 is 1.06 bits per heavy atom. The highest BCUT2D eigenvalue weighted by molar-refractivity contribution is 5.98. The highest BCUT2D eigenvalue weighted by atomic mass is 14.9. The van der Waals surface area contributed by atoms with Crippen molar-refractivity contribution in [3.63, 3.8) is 0 Å². The third-order valence-corrected chi connectivity index (χ3v) is 2.64. The maximum Gasteiger partial charge on any atom is 0.131 e. The molecular weight excluding hydrogens is 208 g/mol. The van der Waals surface area contributed by atoms with Crippen LogP contribution in [0.1, 0.15) is 18.1 Å². The van der Waals surface area contributed by atoms with E-state index in [9.17, 15) is 0 Å². The van der Waals surface area contributed by atoms with E-state index < -0.39 is 0 Å². The van der Waals surface area contributed by atoms with Crippen LogP contribution >= 0.6 is 0 Å². The van der Waals surface area contributed by atoms with Gasteiger partial charge in [-0.2, -0.15) is 0 Å². The van der Waals surface area contributed by atoms with Crippen LogP contribution < -0.4 is 5.73 Å². The number of amidine groups is 1. The molecule has 2 aromatic carbocycles. The van der Waals surface area contributed by atoms with Crippen molar-refractivity contribution < 1.29 is 0 Å². The molecule has 0 atom stereocenters. The maximum absolute atomic E-state index is 5.97. The summed E-state index contributed by atoms with van der Waals surface area (Å²) >= 11 is 0. The van der Waals surface area contributed by atoms with Crippen LogP contribution in [0.15, 0.2) is 59.6 Å². The molecule has 2 aromatic rings. The molecule has 0 amide bonds. The molecule has 0 bridgehead atoms. The van der Waals surface area contributed by atoms with Gasteiger partial charge in [0, 0.05) is 5.56 Å². The fourth-order valence-electron chi connectivity index (χ4n) is 1.66. The number of hydrogen-bond acceptors (Lipinski definition) is 1. The summed E-state index contributed by atoms with van der Waals surface area (Å²) in [5, 5.41) is 0. The van der Waals surface area contributed by atoms with Gasteiger partial charge in [-0.3, -0.25) is 0 Å². The predicted octanol–water partition coefficient (Wildman–Crippen LogP) is 3.29. The molecule has 0 aliphatic carbocycles. The average molecular weight is 224 g/mol. The Bertz CT molecular complexity index is 515. The Morgan fingerprint density at radius 3 is 2.53 bits per heavy atom. The first-order valence-corrected chi connectivity index (χ1v) is 5.78. The maximum atomic E-state index is 5.97. The minimum absolute atomic E-state index is 0.554. The molecule has 0 aliphatic heterocycles. The van der Waals surface area contributed by atoms with Crippen molar-refractivity contribution in [1.29, 1.82) is 0 Å². The van der Waals surface area contributed by atoms with Crippen molar-refractivity contribution in [2.75, 3.05) is 0 Å². The van der Waals surface area contributed by atoms with Crippen molar-refractivity contribution in [2.24, 2.45) is 10.7 Å². The minimum Gasteiger partial charge on any atom is -0.383 e. The molecule has 0 aliphatic rings. The van der Waals surface area contributed by atoms with Crippen molar-refractivity contribution in [3.8, 4) is 0 Å². The first-order valence-electron chi connectivity index (χ1n) is 5.78. The normalized spacial score (nSPS) is 11.5. The monoisotopic (exact) mass is 224 g/mol. The van der Waals surface area contributed by atoms with Crippen LogP contribution in [0.5, 0.6) is 0 Å². The number of nitrogens with zero attached hydrogens (tertiary/aromatic N) is 1. The van der Waals surface area contributed by atoms with E-state index in [4.69, 9.17) is 5.73 Å². The molecule has 2 N–H and O–H groups in total. The van der Waals surface area contributed by atoms with Gasteiger partial charge in [-0.25, -0.2) is 4.99 Å². The molecular formula is C15H16N2. The molecule has 0 fully saturated rings. The Labute approximate surface area is 102 Å². The van der Waals surface area contributed by atoms with E-state index in [1.54, 1.807) is 0 Å². The zero-order chi connectivity index (χ0) is 12.1. The number of nitrogens with two attached hydrogens (primary N) is 1. The molecule has 0 aromatic heterocycles. The smallest absolute Gasteiger partial charge is 0.131 e. The van der Waals surface area contributed by atoms with E-state index in [1.165, 1.54) is 5.56 Å². The van der Waals surface area contributed by atoms with Crippen molar-refractivity contribution in [2.45, 2.75) is 13.3 Å². The second kappa shape index (κ2) is 5.30. The van der Waals surface area contributed by atoms with E-state index in [0.717, 1.165) is 17.7 Å². The quantitative estimate of drug-likeness (QED) is 0.630. The molecule has 0 radical (unpaired) electrons. The first kappa shape index (κ1) is 11.4. The summed E-state index contributed by atoms with van der Waals surface area (Å²) in [6.45, 7) is 2.13. The number of aryl methyl sites for hydroxylation is 1. The molecule has 0 unspecified atom stereocenters. The van der Waals surface area contributed by atoms with Gasteiger partial charge in [0.1, 0.15) is 5.84 Å². The topological polar surface area (TPSA) is 38.4 Å². The number of hydrogen-bond donors (Lipinski definition) is 1. The fourth-order valence-corrected chi connectivity index (χ4v) is 1.66. The van der Waals surface area contributed by atoms with Crippen LogP contribution in [0.4, 0.5) is 5.69 Å². The van der Waals surface area contributed by atoms with Crippen molar-refractivity contribution in [3.05, 3.63) is 65.7 Å². The second-order valence-corrected chi connectivity index (χ2v) is 3.89. The SMILES string of the molecule is CCc1cccc(N=C(N)c2ccccc2)c1. The van der Waals surface area contributed by atoms with Gasteiger partial charge in [0.05, 0.1) is 5.69 Å². The largest absolute Gasteiger partial charge is 0.383 e. The molecule has 17 heavy (non-hydrogen) atoms.